The highest BCUT2D eigenvalue weighted by atomic mass is 16.5. The van der Waals surface area contributed by atoms with Crippen LogP contribution >= 0.6 is 0 Å². The second-order valence-corrected chi connectivity index (χ2v) is 5.32. The summed E-state index contributed by atoms with van der Waals surface area (Å²) in [6, 6.07) is 0. The molecule has 0 spiro atoms. The number of hydrogen-bond donors (Lipinski definition) is 0. The van der Waals surface area contributed by atoms with Gasteiger partial charge in [0.15, 0.2) is 0 Å². The summed E-state index contributed by atoms with van der Waals surface area (Å²) in [5, 5.41) is 0. The van der Waals surface area contributed by atoms with Gasteiger partial charge in [-0.1, -0.05) is 66.2 Å². The lowest BCUT2D eigenvalue weighted by atomic mass is 9.97. The first-order valence-electron chi connectivity index (χ1n) is 7.86. The third-order valence-corrected chi connectivity index (χ3v) is 3.89. The average Bonchev–Trinajstić information content (AvgIpc) is 2.35. The fraction of sp³-hybridized carbons (Fsp3) is 1.00. The molecule has 2 unspecified atom stereocenters. The molecule has 0 heterocycles. The average molecular weight is 242 g/mol. The Hall–Kier alpha value is -0.0400. The predicted octanol–water partition coefficient (Wildman–Crippen LogP) is 5.44. The van der Waals surface area contributed by atoms with Crippen molar-refractivity contribution in [2.45, 2.75) is 79.1 Å². The van der Waals surface area contributed by atoms with Crippen molar-refractivity contribution in [2.75, 3.05) is 13.2 Å². The molecule has 2 atom stereocenters. The van der Waals surface area contributed by atoms with E-state index in [0.717, 1.165) is 25.0 Å². The van der Waals surface area contributed by atoms with Crippen LogP contribution in [0.1, 0.15) is 79.1 Å². The zero-order valence-corrected chi connectivity index (χ0v) is 12.6. The maximum Gasteiger partial charge on any atom is 0.0468 e. The van der Waals surface area contributed by atoms with Gasteiger partial charge in [-0.2, -0.15) is 0 Å². The Bertz CT molecular complexity index is 128. The molecule has 0 aromatic carbocycles. The van der Waals surface area contributed by atoms with Gasteiger partial charge in [-0.25, -0.2) is 0 Å². The van der Waals surface area contributed by atoms with E-state index in [-0.39, 0.29) is 0 Å². The summed E-state index contributed by atoms with van der Waals surface area (Å²) in [4.78, 5) is 0. The molecular weight excluding hydrogens is 208 g/mol. The van der Waals surface area contributed by atoms with Crippen LogP contribution < -0.4 is 0 Å². The molecular formula is C16H34O. The second kappa shape index (κ2) is 12.4. The van der Waals surface area contributed by atoms with Gasteiger partial charge in [0.2, 0.25) is 0 Å². The summed E-state index contributed by atoms with van der Waals surface area (Å²) in [5.74, 6) is 1.77. The van der Waals surface area contributed by atoms with Crippen LogP contribution in [0, 0.1) is 11.8 Å². The molecule has 0 radical (unpaired) electrons. The topological polar surface area (TPSA) is 9.23 Å². The van der Waals surface area contributed by atoms with Crippen molar-refractivity contribution >= 4 is 0 Å². The molecule has 0 saturated carbocycles. The number of ether oxygens (including phenoxy) is 1. The van der Waals surface area contributed by atoms with E-state index < -0.39 is 0 Å². The fourth-order valence-electron chi connectivity index (χ4n) is 2.52. The van der Waals surface area contributed by atoms with E-state index >= 15 is 0 Å². The Kier molecular flexibility index (Phi) is 12.4. The molecule has 104 valence electrons. The Morgan fingerprint density at radius 3 is 1.35 bits per heavy atom. The summed E-state index contributed by atoms with van der Waals surface area (Å²) >= 11 is 0. The van der Waals surface area contributed by atoms with Crippen LogP contribution in [-0.2, 0) is 4.74 Å². The maximum atomic E-state index is 5.79. The van der Waals surface area contributed by atoms with Crippen molar-refractivity contribution in [3.8, 4) is 0 Å². The first-order chi connectivity index (χ1) is 8.28. The Morgan fingerprint density at radius 2 is 1.06 bits per heavy atom. The molecule has 0 aromatic heterocycles. The van der Waals surface area contributed by atoms with Crippen LogP contribution in [-0.4, -0.2) is 13.2 Å². The molecule has 0 fully saturated rings. The SMILES string of the molecule is CCCC(CC)CCOCCC(CC)CCC. The highest BCUT2D eigenvalue weighted by Crippen LogP contribution is 2.17. The minimum atomic E-state index is 0.887. The quantitative estimate of drug-likeness (QED) is 0.414. The molecule has 0 rings (SSSR count). The molecule has 17 heavy (non-hydrogen) atoms. The smallest absolute Gasteiger partial charge is 0.0468 e. The zero-order valence-electron chi connectivity index (χ0n) is 12.6. The van der Waals surface area contributed by atoms with E-state index in [2.05, 4.69) is 27.7 Å². The zero-order chi connectivity index (χ0) is 12.9. The first kappa shape index (κ1) is 17.0. The van der Waals surface area contributed by atoms with Gasteiger partial charge in [-0.05, 0) is 24.7 Å². The van der Waals surface area contributed by atoms with Crippen LogP contribution in [0.25, 0.3) is 0 Å². The van der Waals surface area contributed by atoms with Crippen LogP contribution in [0.3, 0.4) is 0 Å². The largest absolute Gasteiger partial charge is 0.381 e. The van der Waals surface area contributed by atoms with E-state index in [9.17, 15) is 0 Å². The van der Waals surface area contributed by atoms with E-state index in [1.54, 1.807) is 0 Å². The summed E-state index contributed by atoms with van der Waals surface area (Å²) in [6.45, 7) is 11.1. The first-order valence-corrected chi connectivity index (χ1v) is 7.86. The molecule has 0 N–H and O–H groups in total. The molecule has 0 amide bonds. The molecule has 1 heteroatoms. The van der Waals surface area contributed by atoms with E-state index in [4.69, 9.17) is 4.74 Å². The van der Waals surface area contributed by atoms with Crippen molar-refractivity contribution in [3.63, 3.8) is 0 Å². The summed E-state index contributed by atoms with van der Waals surface area (Å²) in [7, 11) is 0. The highest BCUT2D eigenvalue weighted by molar-refractivity contribution is 4.58. The summed E-state index contributed by atoms with van der Waals surface area (Å²) in [5.41, 5.74) is 0. The molecule has 0 bridgehead atoms. The van der Waals surface area contributed by atoms with Gasteiger partial charge >= 0.3 is 0 Å². The van der Waals surface area contributed by atoms with Gasteiger partial charge in [0.25, 0.3) is 0 Å². The van der Waals surface area contributed by atoms with E-state index in [1.165, 1.54) is 51.4 Å². The van der Waals surface area contributed by atoms with Crippen molar-refractivity contribution < 1.29 is 4.74 Å². The minimum absolute atomic E-state index is 0.887. The third-order valence-electron chi connectivity index (χ3n) is 3.89. The molecule has 0 saturated heterocycles. The predicted molar refractivity (Wildman–Crippen MR) is 77.4 cm³/mol. The monoisotopic (exact) mass is 242 g/mol. The maximum absolute atomic E-state index is 5.79. The van der Waals surface area contributed by atoms with Gasteiger partial charge in [0, 0.05) is 13.2 Å². The van der Waals surface area contributed by atoms with Crippen molar-refractivity contribution in [1.82, 2.24) is 0 Å². The Labute approximate surface area is 109 Å². The standard InChI is InChI=1S/C16H34O/c1-5-9-15(7-3)11-13-17-14-12-16(8-4)10-6-2/h15-16H,5-14H2,1-4H3. The fourth-order valence-corrected chi connectivity index (χ4v) is 2.52. The van der Waals surface area contributed by atoms with Gasteiger partial charge in [0.1, 0.15) is 0 Å². The van der Waals surface area contributed by atoms with Gasteiger partial charge < -0.3 is 4.74 Å². The van der Waals surface area contributed by atoms with Crippen molar-refractivity contribution in [2.24, 2.45) is 11.8 Å². The third kappa shape index (κ3) is 9.64. The second-order valence-electron chi connectivity index (χ2n) is 5.32. The van der Waals surface area contributed by atoms with Crippen LogP contribution in [0.4, 0.5) is 0 Å². The van der Waals surface area contributed by atoms with Crippen LogP contribution in [0.5, 0.6) is 0 Å². The highest BCUT2D eigenvalue weighted by Gasteiger charge is 2.06. The number of hydrogen-bond acceptors (Lipinski definition) is 1. The van der Waals surface area contributed by atoms with E-state index in [1.807, 2.05) is 0 Å². The van der Waals surface area contributed by atoms with Crippen molar-refractivity contribution in [1.29, 1.82) is 0 Å². The Morgan fingerprint density at radius 1 is 0.647 bits per heavy atom. The molecule has 0 aromatic rings. The lowest BCUT2D eigenvalue weighted by Crippen LogP contribution is -2.08. The van der Waals surface area contributed by atoms with Gasteiger partial charge in [0.05, 0.1) is 0 Å². The van der Waals surface area contributed by atoms with Crippen LogP contribution in [0.2, 0.25) is 0 Å². The van der Waals surface area contributed by atoms with Gasteiger partial charge in [-0.15, -0.1) is 0 Å². The lowest BCUT2D eigenvalue weighted by molar-refractivity contribution is 0.104. The minimum Gasteiger partial charge on any atom is -0.381 e. The molecule has 0 aliphatic carbocycles. The number of rotatable bonds is 12. The lowest BCUT2D eigenvalue weighted by Gasteiger charge is -2.16. The normalized spacial score (nSPS) is 14.8. The van der Waals surface area contributed by atoms with E-state index in [0.29, 0.717) is 0 Å². The van der Waals surface area contributed by atoms with Gasteiger partial charge in [-0.3, -0.25) is 0 Å². The molecule has 0 aliphatic rings. The Balaban J connectivity index is 3.43. The molecule has 0 aliphatic heterocycles. The summed E-state index contributed by atoms with van der Waals surface area (Å²) < 4.78 is 5.79. The van der Waals surface area contributed by atoms with Crippen LogP contribution in [0.15, 0.2) is 0 Å². The summed E-state index contributed by atoms with van der Waals surface area (Å²) in [6.07, 6.45) is 10.5. The van der Waals surface area contributed by atoms with Crippen molar-refractivity contribution in [3.05, 3.63) is 0 Å². The molecule has 1 nitrogen and oxygen atoms in total.